The molecule has 3 rings (SSSR count). The molecule has 1 fully saturated rings. The first-order valence-electron chi connectivity index (χ1n) is 13.4. The largest absolute Gasteiger partial charge is 0.478 e. The van der Waals surface area contributed by atoms with Crippen molar-refractivity contribution in [2.75, 3.05) is 17.9 Å². The number of aliphatic hydroxyl groups is 2. The molecule has 11 heteroatoms. The van der Waals surface area contributed by atoms with Crippen LogP contribution in [0.2, 0.25) is 0 Å². The Bertz CT molecular complexity index is 1100. The van der Waals surface area contributed by atoms with Crippen molar-refractivity contribution in [1.82, 2.24) is 0 Å². The topological polar surface area (TPSA) is 142 Å². The summed E-state index contributed by atoms with van der Waals surface area (Å²) in [6.07, 6.45) is 7.07. The zero-order valence-electron chi connectivity index (χ0n) is 22.1. The van der Waals surface area contributed by atoms with E-state index in [-0.39, 0.29) is 18.5 Å². The number of ether oxygens (including phenoxy) is 2. The van der Waals surface area contributed by atoms with Crippen molar-refractivity contribution in [2.24, 2.45) is 0 Å². The first kappa shape index (κ1) is 30.5. The van der Waals surface area contributed by atoms with Gasteiger partial charge in [0.25, 0.3) is 0 Å². The number of carbonyl (C=O) groups is 1. The summed E-state index contributed by atoms with van der Waals surface area (Å²) in [5.74, 6) is -3.50. The second kappa shape index (κ2) is 12.9. The molecule has 2 unspecified atom stereocenters. The molecular weight excluding hydrogens is 517 g/mol. The second-order valence-corrected chi connectivity index (χ2v) is 12.0. The summed E-state index contributed by atoms with van der Waals surface area (Å²) in [4.78, 5) is 12.2. The van der Waals surface area contributed by atoms with E-state index < -0.39 is 63.3 Å². The number of halogens is 1. The third kappa shape index (κ3) is 6.74. The van der Waals surface area contributed by atoms with Crippen molar-refractivity contribution < 1.29 is 42.4 Å². The van der Waals surface area contributed by atoms with Crippen LogP contribution in [0.5, 0.6) is 0 Å². The number of nitrogens with one attached hydrogen (secondary N) is 1. The summed E-state index contributed by atoms with van der Waals surface area (Å²) < 4.78 is 55.3. The van der Waals surface area contributed by atoms with E-state index in [0.29, 0.717) is 18.4 Å². The normalized spacial score (nSPS) is 27.4. The maximum atomic E-state index is 14.0. The number of aliphatic carboxylic acids is 1. The van der Waals surface area contributed by atoms with E-state index >= 15 is 0 Å². The van der Waals surface area contributed by atoms with Crippen LogP contribution in [0.25, 0.3) is 0 Å². The second-order valence-electron chi connectivity index (χ2n) is 10.2. The summed E-state index contributed by atoms with van der Waals surface area (Å²) >= 11 is 0. The smallest absolute Gasteiger partial charge is 0.332 e. The van der Waals surface area contributed by atoms with Crippen molar-refractivity contribution in [1.29, 1.82) is 0 Å². The van der Waals surface area contributed by atoms with Gasteiger partial charge in [0.15, 0.2) is 5.79 Å². The van der Waals surface area contributed by atoms with Crippen LogP contribution in [0.4, 0.5) is 10.1 Å². The molecule has 1 aliphatic carbocycles. The van der Waals surface area contributed by atoms with Gasteiger partial charge in [-0.15, -0.1) is 0 Å². The molecule has 9 nitrogen and oxygen atoms in total. The molecule has 1 heterocycles. The van der Waals surface area contributed by atoms with Crippen LogP contribution in [0.3, 0.4) is 0 Å². The fraction of sp³-hybridized carbons (Fsp3) is 0.667. The monoisotopic (exact) mass is 557 g/mol. The van der Waals surface area contributed by atoms with Gasteiger partial charge in [0.1, 0.15) is 22.8 Å². The third-order valence-electron chi connectivity index (χ3n) is 7.55. The number of hydrogen-bond donors (Lipinski definition) is 4. The molecule has 0 saturated carbocycles. The van der Waals surface area contributed by atoms with Crippen LogP contribution in [0.15, 0.2) is 29.8 Å². The van der Waals surface area contributed by atoms with E-state index in [9.17, 15) is 32.9 Å². The van der Waals surface area contributed by atoms with Crippen molar-refractivity contribution in [3.63, 3.8) is 0 Å². The van der Waals surface area contributed by atoms with Gasteiger partial charge >= 0.3 is 5.97 Å². The molecule has 1 saturated heterocycles. The van der Waals surface area contributed by atoms with Gasteiger partial charge in [-0.05, 0) is 55.5 Å². The van der Waals surface area contributed by atoms with Crippen LogP contribution in [0.1, 0.15) is 77.2 Å². The number of aliphatic hydroxyl groups excluding tert-OH is 2. The van der Waals surface area contributed by atoms with E-state index in [1.165, 1.54) is 18.2 Å². The molecule has 4 N–H and O–H groups in total. The van der Waals surface area contributed by atoms with Gasteiger partial charge in [-0.3, -0.25) is 4.72 Å². The number of unbranched alkanes of at least 4 members (excludes halogenated alkanes) is 5. The number of aryl methyl sites for hydroxylation is 1. The zero-order chi connectivity index (χ0) is 28.0. The molecule has 0 amide bonds. The Hall–Kier alpha value is -2.05. The van der Waals surface area contributed by atoms with Crippen molar-refractivity contribution in [3.05, 3.63) is 41.2 Å². The summed E-state index contributed by atoms with van der Waals surface area (Å²) in [7, 11) is -4.25. The number of carboxylic acids is 1. The lowest BCUT2D eigenvalue weighted by Crippen LogP contribution is -2.46. The summed E-state index contributed by atoms with van der Waals surface area (Å²) in [5.41, 5.74) is -0.923. The highest BCUT2D eigenvalue weighted by Crippen LogP contribution is 2.46. The molecule has 0 aromatic heterocycles. The molecule has 214 valence electrons. The van der Waals surface area contributed by atoms with E-state index in [0.717, 1.165) is 44.6 Å². The van der Waals surface area contributed by atoms with E-state index in [2.05, 4.69) is 11.6 Å². The first-order valence-corrected chi connectivity index (χ1v) is 15.0. The number of carboxylic acid groups (broad SMARTS) is 1. The number of benzene rings is 1. The number of rotatable bonds is 14. The molecule has 2 aliphatic rings. The molecule has 0 bridgehead atoms. The predicted molar refractivity (Wildman–Crippen MR) is 141 cm³/mol. The lowest BCUT2D eigenvalue weighted by atomic mass is 9.93. The van der Waals surface area contributed by atoms with Crippen LogP contribution >= 0.6 is 0 Å². The van der Waals surface area contributed by atoms with Gasteiger partial charge in [0.05, 0.1) is 24.5 Å². The van der Waals surface area contributed by atoms with Gasteiger partial charge in [-0.25, -0.2) is 17.6 Å². The van der Waals surface area contributed by atoms with Gasteiger partial charge in [0, 0.05) is 6.42 Å². The highest BCUT2D eigenvalue weighted by atomic mass is 32.2. The molecule has 1 aliphatic heterocycles. The van der Waals surface area contributed by atoms with Crippen LogP contribution < -0.4 is 4.72 Å². The molecule has 4 atom stereocenters. The van der Waals surface area contributed by atoms with Gasteiger partial charge in [-0.2, -0.15) is 0 Å². The van der Waals surface area contributed by atoms with Crippen LogP contribution in [-0.4, -0.2) is 65.7 Å². The molecule has 1 spiro atoms. The Balaban J connectivity index is 1.82. The Labute approximate surface area is 224 Å². The minimum Gasteiger partial charge on any atom is -0.478 e. The van der Waals surface area contributed by atoms with E-state index in [1.54, 1.807) is 6.92 Å². The van der Waals surface area contributed by atoms with E-state index in [4.69, 9.17) is 9.47 Å². The van der Waals surface area contributed by atoms with Crippen molar-refractivity contribution in [2.45, 2.75) is 101 Å². The van der Waals surface area contributed by atoms with Crippen LogP contribution in [0, 0.1) is 5.82 Å². The van der Waals surface area contributed by atoms with Crippen LogP contribution in [-0.2, 0) is 30.7 Å². The summed E-state index contributed by atoms with van der Waals surface area (Å²) in [5, 5.41) is 28.2. The molecule has 0 radical (unpaired) electrons. The minimum absolute atomic E-state index is 0.00163. The Morgan fingerprint density at radius 1 is 1.16 bits per heavy atom. The van der Waals surface area contributed by atoms with Crippen molar-refractivity contribution in [3.8, 4) is 0 Å². The molecular formula is C27H40FNO8S. The first-order chi connectivity index (χ1) is 18.0. The minimum atomic E-state index is -4.25. The van der Waals surface area contributed by atoms with Gasteiger partial charge in [-0.1, -0.05) is 46.0 Å². The number of anilines is 1. The average Bonchev–Trinajstić information content (AvgIpc) is 3.20. The maximum absolute atomic E-state index is 14.0. The lowest BCUT2D eigenvalue weighted by molar-refractivity contribution is -0.171. The fourth-order valence-electron chi connectivity index (χ4n) is 5.31. The highest BCUT2D eigenvalue weighted by molar-refractivity contribution is 7.93. The SMILES string of the molecule is CCCCCCCCc1cc(F)ccc1NS(=O)(=O)C1CCC2(C=C1C(=O)O)O[C@@H](CO)[C@](CC)(CO)O2. The molecule has 38 heavy (non-hydrogen) atoms. The number of hydrogen-bond acceptors (Lipinski definition) is 7. The zero-order valence-corrected chi connectivity index (χ0v) is 22.9. The summed E-state index contributed by atoms with van der Waals surface area (Å²) in [6, 6.07) is 3.84. The Morgan fingerprint density at radius 3 is 2.47 bits per heavy atom. The quantitative estimate of drug-likeness (QED) is 0.252. The molecule has 1 aromatic carbocycles. The molecule has 1 aromatic rings. The standard InChI is InChI=1S/C27H40FNO8S/c1-3-5-6-7-8-9-10-19-15-20(28)11-12-22(19)29-38(34,35)23-13-14-27(16-21(23)25(32)33)36-24(17-30)26(4-2,18-31)37-27/h11-12,15-16,23-24,29-31H,3-10,13-14,17-18H2,1-2H3,(H,32,33)/t23?,24-,26-,27?/m0/s1. The third-order valence-corrected chi connectivity index (χ3v) is 9.30. The fourth-order valence-corrected chi connectivity index (χ4v) is 6.88. The Kier molecular flexibility index (Phi) is 10.3. The van der Waals surface area contributed by atoms with Crippen molar-refractivity contribution >= 4 is 21.7 Å². The maximum Gasteiger partial charge on any atom is 0.332 e. The van der Waals surface area contributed by atoms with E-state index in [1.807, 2.05) is 0 Å². The highest BCUT2D eigenvalue weighted by Gasteiger charge is 2.57. The Morgan fingerprint density at radius 2 is 1.87 bits per heavy atom. The average molecular weight is 558 g/mol. The lowest BCUT2D eigenvalue weighted by Gasteiger charge is -2.34. The van der Waals surface area contributed by atoms with Gasteiger partial charge in [0.2, 0.25) is 10.0 Å². The number of sulfonamides is 1. The predicted octanol–water partition coefficient (Wildman–Crippen LogP) is 3.89. The summed E-state index contributed by atoms with van der Waals surface area (Å²) in [6.45, 7) is 2.97. The van der Waals surface area contributed by atoms with Gasteiger partial charge < -0.3 is 24.8 Å².